The van der Waals surface area contributed by atoms with Gasteiger partial charge in [0.05, 0.1) is 6.10 Å². The van der Waals surface area contributed by atoms with Crippen molar-refractivity contribution in [2.75, 3.05) is 13.2 Å². The van der Waals surface area contributed by atoms with Gasteiger partial charge in [0.1, 0.15) is 0 Å². The van der Waals surface area contributed by atoms with Gasteiger partial charge in [-0.3, -0.25) is 0 Å². The zero-order valence-electron chi connectivity index (χ0n) is 7.68. The molecular formula is C10H17NO. The van der Waals surface area contributed by atoms with Gasteiger partial charge in [0.2, 0.25) is 0 Å². The van der Waals surface area contributed by atoms with Gasteiger partial charge in [0.25, 0.3) is 0 Å². The molecule has 0 radical (unpaired) electrons. The lowest BCUT2D eigenvalue weighted by atomic mass is 10.1. The first-order chi connectivity index (χ1) is 5.84. The minimum absolute atomic E-state index is 0.405. The van der Waals surface area contributed by atoms with E-state index in [1.807, 2.05) is 0 Å². The number of terminal acetylenes is 1. The number of nitrogens with one attached hydrogen (secondary N) is 1. The lowest BCUT2D eigenvalue weighted by Gasteiger charge is -2.19. The molecule has 1 saturated heterocycles. The van der Waals surface area contributed by atoms with Crippen LogP contribution in [0.2, 0.25) is 0 Å². The van der Waals surface area contributed by atoms with Crippen LogP contribution in [0.5, 0.6) is 0 Å². The molecule has 2 atom stereocenters. The van der Waals surface area contributed by atoms with Gasteiger partial charge >= 0.3 is 0 Å². The molecule has 1 aliphatic heterocycles. The molecule has 1 heterocycles. The van der Waals surface area contributed by atoms with E-state index in [0.29, 0.717) is 12.1 Å². The van der Waals surface area contributed by atoms with E-state index in [1.165, 1.54) is 12.8 Å². The standard InChI is InChI=1S/C10H17NO/c1-3-4-7-11-9(2)10-6-5-8-12-10/h1,9-11H,4-8H2,2H3. The summed E-state index contributed by atoms with van der Waals surface area (Å²) < 4.78 is 5.53. The second-order valence-corrected chi connectivity index (χ2v) is 3.25. The molecule has 0 aromatic rings. The van der Waals surface area contributed by atoms with Gasteiger partial charge in [0, 0.05) is 25.6 Å². The van der Waals surface area contributed by atoms with Crippen LogP contribution in [0, 0.1) is 12.3 Å². The summed E-state index contributed by atoms with van der Waals surface area (Å²) >= 11 is 0. The molecule has 0 spiro atoms. The molecule has 2 unspecified atom stereocenters. The van der Waals surface area contributed by atoms with Crippen LogP contribution < -0.4 is 5.32 Å². The summed E-state index contributed by atoms with van der Waals surface area (Å²) in [5, 5.41) is 3.36. The molecule has 0 amide bonds. The molecule has 2 heteroatoms. The summed E-state index contributed by atoms with van der Waals surface area (Å²) in [6, 6.07) is 0.445. The normalized spacial score (nSPS) is 25.2. The Kier molecular flexibility index (Phi) is 4.13. The quantitative estimate of drug-likeness (QED) is 0.501. The highest BCUT2D eigenvalue weighted by Crippen LogP contribution is 2.14. The molecule has 0 bridgehead atoms. The van der Waals surface area contributed by atoms with Crippen molar-refractivity contribution in [2.24, 2.45) is 0 Å². The summed E-state index contributed by atoms with van der Waals surface area (Å²) in [5.41, 5.74) is 0. The lowest BCUT2D eigenvalue weighted by Crippen LogP contribution is -2.37. The van der Waals surface area contributed by atoms with E-state index in [4.69, 9.17) is 11.2 Å². The summed E-state index contributed by atoms with van der Waals surface area (Å²) in [7, 11) is 0. The predicted molar refractivity (Wildman–Crippen MR) is 49.9 cm³/mol. The number of hydrogen-bond acceptors (Lipinski definition) is 2. The van der Waals surface area contributed by atoms with Crippen LogP contribution in [-0.4, -0.2) is 25.3 Å². The third-order valence-electron chi connectivity index (χ3n) is 2.26. The Morgan fingerprint density at radius 1 is 1.75 bits per heavy atom. The highest BCUT2D eigenvalue weighted by atomic mass is 16.5. The van der Waals surface area contributed by atoms with Gasteiger partial charge in [-0.1, -0.05) is 0 Å². The molecule has 0 aromatic carbocycles. The van der Waals surface area contributed by atoms with Gasteiger partial charge < -0.3 is 10.1 Å². The van der Waals surface area contributed by atoms with Crippen molar-refractivity contribution in [3.63, 3.8) is 0 Å². The molecule has 0 saturated carbocycles. The van der Waals surface area contributed by atoms with Gasteiger partial charge in [-0.15, -0.1) is 12.3 Å². The zero-order valence-corrected chi connectivity index (χ0v) is 7.68. The van der Waals surface area contributed by atoms with Crippen molar-refractivity contribution in [2.45, 2.75) is 38.3 Å². The monoisotopic (exact) mass is 167 g/mol. The van der Waals surface area contributed by atoms with Crippen molar-refractivity contribution in [1.29, 1.82) is 0 Å². The molecule has 12 heavy (non-hydrogen) atoms. The third-order valence-corrected chi connectivity index (χ3v) is 2.26. The second-order valence-electron chi connectivity index (χ2n) is 3.25. The van der Waals surface area contributed by atoms with Crippen LogP contribution >= 0.6 is 0 Å². The molecular weight excluding hydrogens is 150 g/mol. The van der Waals surface area contributed by atoms with E-state index < -0.39 is 0 Å². The summed E-state index contributed by atoms with van der Waals surface area (Å²) in [6.45, 7) is 3.98. The van der Waals surface area contributed by atoms with E-state index in [0.717, 1.165) is 19.6 Å². The summed E-state index contributed by atoms with van der Waals surface area (Å²) in [4.78, 5) is 0. The fraction of sp³-hybridized carbons (Fsp3) is 0.800. The molecule has 68 valence electrons. The van der Waals surface area contributed by atoms with Gasteiger partial charge in [-0.25, -0.2) is 0 Å². The van der Waals surface area contributed by atoms with E-state index in [1.54, 1.807) is 0 Å². The smallest absolute Gasteiger partial charge is 0.0726 e. The van der Waals surface area contributed by atoms with Gasteiger partial charge in [-0.05, 0) is 19.8 Å². The molecule has 1 rings (SSSR count). The number of hydrogen-bond donors (Lipinski definition) is 1. The maximum absolute atomic E-state index is 5.53. The van der Waals surface area contributed by atoms with Crippen LogP contribution in [0.15, 0.2) is 0 Å². The van der Waals surface area contributed by atoms with Crippen LogP contribution in [0.1, 0.15) is 26.2 Å². The fourth-order valence-electron chi connectivity index (χ4n) is 1.50. The Morgan fingerprint density at radius 3 is 3.17 bits per heavy atom. The van der Waals surface area contributed by atoms with Crippen molar-refractivity contribution < 1.29 is 4.74 Å². The molecule has 1 fully saturated rings. The first-order valence-electron chi connectivity index (χ1n) is 4.63. The number of ether oxygens (including phenoxy) is 1. The molecule has 2 nitrogen and oxygen atoms in total. The average molecular weight is 167 g/mol. The highest BCUT2D eigenvalue weighted by molar-refractivity contribution is 4.85. The third kappa shape index (κ3) is 2.84. The molecule has 0 aliphatic carbocycles. The maximum atomic E-state index is 5.53. The molecule has 0 aromatic heterocycles. The zero-order chi connectivity index (χ0) is 8.81. The topological polar surface area (TPSA) is 21.3 Å². The van der Waals surface area contributed by atoms with Crippen LogP contribution in [0.25, 0.3) is 0 Å². The Labute approximate surface area is 74.7 Å². The van der Waals surface area contributed by atoms with Crippen molar-refractivity contribution in [1.82, 2.24) is 5.32 Å². The lowest BCUT2D eigenvalue weighted by molar-refractivity contribution is 0.0840. The van der Waals surface area contributed by atoms with Crippen molar-refractivity contribution >= 4 is 0 Å². The van der Waals surface area contributed by atoms with Crippen molar-refractivity contribution in [3.05, 3.63) is 0 Å². The fourth-order valence-corrected chi connectivity index (χ4v) is 1.50. The SMILES string of the molecule is C#CCCNC(C)C1CCCO1. The van der Waals surface area contributed by atoms with Crippen LogP contribution in [-0.2, 0) is 4.74 Å². The first-order valence-corrected chi connectivity index (χ1v) is 4.63. The minimum atomic E-state index is 0.405. The Balaban J connectivity index is 2.10. The minimum Gasteiger partial charge on any atom is -0.377 e. The van der Waals surface area contributed by atoms with Crippen molar-refractivity contribution in [3.8, 4) is 12.3 Å². The van der Waals surface area contributed by atoms with Gasteiger partial charge in [-0.2, -0.15) is 0 Å². The second kappa shape index (κ2) is 5.18. The summed E-state index contributed by atoms with van der Waals surface area (Å²) in [6.07, 6.45) is 8.74. The Bertz CT molecular complexity index is 156. The Morgan fingerprint density at radius 2 is 2.58 bits per heavy atom. The average Bonchev–Trinajstić information content (AvgIpc) is 2.56. The first kappa shape index (κ1) is 9.57. The highest BCUT2D eigenvalue weighted by Gasteiger charge is 2.21. The largest absolute Gasteiger partial charge is 0.377 e. The molecule has 1 aliphatic rings. The predicted octanol–water partition coefficient (Wildman–Crippen LogP) is 1.17. The summed E-state index contributed by atoms with van der Waals surface area (Å²) in [5.74, 6) is 2.61. The van der Waals surface area contributed by atoms with Gasteiger partial charge in [0.15, 0.2) is 0 Å². The van der Waals surface area contributed by atoms with E-state index in [2.05, 4.69) is 18.2 Å². The van der Waals surface area contributed by atoms with E-state index >= 15 is 0 Å². The number of rotatable bonds is 4. The Hall–Kier alpha value is -0.520. The van der Waals surface area contributed by atoms with E-state index in [-0.39, 0.29) is 0 Å². The molecule has 1 N–H and O–H groups in total. The van der Waals surface area contributed by atoms with Crippen LogP contribution in [0.3, 0.4) is 0 Å². The van der Waals surface area contributed by atoms with Crippen LogP contribution in [0.4, 0.5) is 0 Å². The van der Waals surface area contributed by atoms with E-state index in [9.17, 15) is 0 Å². The maximum Gasteiger partial charge on any atom is 0.0726 e.